The molecule has 0 fully saturated rings. The molecule has 0 unspecified atom stereocenters. The Morgan fingerprint density at radius 3 is 2.62 bits per heavy atom. The molecule has 0 radical (unpaired) electrons. The lowest BCUT2D eigenvalue weighted by molar-refractivity contribution is 0.549. The molecule has 0 aliphatic carbocycles. The van der Waals surface area contributed by atoms with Gasteiger partial charge in [-0.1, -0.05) is 30.3 Å². The van der Waals surface area contributed by atoms with Crippen molar-refractivity contribution in [2.45, 2.75) is 13.5 Å². The third-order valence-corrected chi connectivity index (χ3v) is 1.89. The summed E-state index contributed by atoms with van der Waals surface area (Å²) >= 11 is 0. The summed E-state index contributed by atoms with van der Waals surface area (Å²) in [6.07, 6.45) is 1.88. The summed E-state index contributed by atoms with van der Waals surface area (Å²) in [4.78, 5) is 6.37. The number of benzene rings is 1. The fourth-order valence-corrected chi connectivity index (χ4v) is 0.951. The van der Waals surface area contributed by atoms with Gasteiger partial charge in [-0.25, -0.2) is 0 Å². The van der Waals surface area contributed by atoms with Crippen molar-refractivity contribution in [3.05, 3.63) is 35.9 Å². The van der Waals surface area contributed by atoms with Crippen LogP contribution in [0.2, 0.25) is 0 Å². The topological polar surface area (TPSA) is 15.6 Å². The first-order valence-electron chi connectivity index (χ1n) is 4.57. The Morgan fingerprint density at radius 1 is 1.31 bits per heavy atom. The van der Waals surface area contributed by atoms with Crippen molar-refractivity contribution in [3.63, 3.8) is 0 Å². The molecule has 0 atom stereocenters. The van der Waals surface area contributed by atoms with Gasteiger partial charge in [-0.3, -0.25) is 4.99 Å². The molecule has 0 N–H and O–H groups in total. The third-order valence-electron chi connectivity index (χ3n) is 1.89. The van der Waals surface area contributed by atoms with Gasteiger partial charge in [-0.15, -0.1) is 0 Å². The maximum atomic E-state index is 4.31. The predicted molar refractivity (Wildman–Crippen MR) is 56.9 cm³/mol. The summed E-state index contributed by atoms with van der Waals surface area (Å²) in [6, 6.07) is 10.3. The van der Waals surface area contributed by atoms with Crippen molar-refractivity contribution in [2.75, 3.05) is 13.6 Å². The summed E-state index contributed by atoms with van der Waals surface area (Å²) in [7, 11) is 2.02. The maximum absolute atomic E-state index is 4.31. The first-order chi connectivity index (χ1) is 6.33. The molecule has 2 nitrogen and oxygen atoms in total. The van der Waals surface area contributed by atoms with Crippen LogP contribution >= 0.6 is 0 Å². The van der Waals surface area contributed by atoms with Gasteiger partial charge in [0.15, 0.2) is 0 Å². The van der Waals surface area contributed by atoms with Crippen LogP contribution in [-0.2, 0) is 6.54 Å². The van der Waals surface area contributed by atoms with Gasteiger partial charge < -0.3 is 4.90 Å². The van der Waals surface area contributed by atoms with Crippen LogP contribution in [0.25, 0.3) is 0 Å². The van der Waals surface area contributed by atoms with Crippen molar-refractivity contribution < 1.29 is 0 Å². The van der Waals surface area contributed by atoms with Crippen molar-refractivity contribution in [1.82, 2.24) is 4.90 Å². The van der Waals surface area contributed by atoms with E-state index in [1.54, 1.807) is 0 Å². The second kappa shape index (κ2) is 5.36. The van der Waals surface area contributed by atoms with E-state index >= 15 is 0 Å². The van der Waals surface area contributed by atoms with Gasteiger partial charge >= 0.3 is 0 Å². The van der Waals surface area contributed by atoms with Crippen molar-refractivity contribution >= 4 is 6.34 Å². The second-order valence-electron chi connectivity index (χ2n) is 3.01. The Kier molecular flexibility index (Phi) is 4.03. The minimum Gasteiger partial charge on any atom is -0.366 e. The molecule has 0 amide bonds. The van der Waals surface area contributed by atoms with E-state index in [1.165, 1.54) is 5.56 Å². The van der Waals surface area contributed by atoms with Crippen molar-refractivity contribution in [3.8, 4) is 0 Å². The average molecular weight is 176 g/mol. The molecule has 13 heavy (non-hydrogen) atoms. The van der Waals surface area contributed by atoms with Gasteiger partial charge in [0.25, 0.3) is 0 Å². The van der Waals surface area contributed by atoms with Crippen LogP contribution in [-0.4, -0.2) is 24.8 Å². The van der Waals surface area contributed by atoms with E-state index in [1.807, 2.05) is 31.6 Å². The molecule has 2 heteroatoms. The molecular weight excluding hydrogens is 160 g/mol. The summed E-state index contributed by atoms with van der Waals surface area (Å²) in [5.74, 6) is 0. The van der Waals surface area contributed by atoms with E-state index in [9.17, 15) is 0 Å². The van der Waals surface area contributed by atoms with Gasteiger partial charge in [-0.05, 0) is 12.5 Å². The number of hydrogen-bond acceptors (Lipinski definition) is 1. The predicted octanol–water partition coefficient (Wildman–Crippen LogP) is 2.17. The summed E-state index contributed by atoms with van der Waals surface area (Å²) in [5.41, 5.74) is 1.25. The smallest absolute Gasteiger partial charge is 0.0851 e. The molecule has 1 rings (SSSR count). The summed E-state index contributed by atoms with van der Waals surface area (Å²) in [5, 5.41) is 0. The van der Waals surface area contributed by atoms with Gasteiger partial charge in [0.2, 0.25) is 0 Å². The number of aliphatic imine (C=N–C) groups is 1. The van der Waals surface area contributed by atoms with Crippen LogP contribution in [0.15, 0.2) is 35.3 Å². The molecule has 0 heterocycles. The van der Waals surface area contributed by atoms with Crippen molar-refractivity contribution in [2.24, 2.45) is 4.99 Å². The lowest BCUT2D eigenvalue weighted by Crippen LogP contribution is -2.14. The fourth-order valence-electron chi connectivity index (χ4n) is 0.951. The Bertz CT molecular complexity index is 254. The van der Waals surface area contributed by atoms with Crippen LogP contribution in [0.5, 0.6) is 0 Å². The zero-order valence-electron chi connectivity index (χ0n) is 8.27. The highest BCUT2D eigenvalue weighted by Crippen LogP contribution is 1.99. The Morgan fingerprint density at radius 2 is 2.00 bits per heavy atom. The molecule has 1 aromatic rings. The molecule has 70 valence electrons. The molecule has 0 aromatic heterocycles. The molecule has 0 saturated carbocycles. The number of rotatable bonds is 4. The average Bonchev–Trinajstić information content (AvgIpc) is 2.19. The number of nitrogens with zero attached hydrogens (tertiary/aromatic N) is 2. The van der Waals surface area contributed by atoms with Crippen LogP contribution in [0.3, 0.4) is 0 Å². The summed E-state index contributed by atoms with van der Waals surface area (Å²) < 4.78 is 0. The van der Waals surface area contributed by atoms with E-state index in [0.717, 1.165) is 13.1 Å². The normalized spacial score (nSPS) is 10.6. The standard InChI is InChI=1S/C11H16N2/c1-3-13(2)10-12-9-11-7-5-4-6-8-11/h4-8,10H,3,9H2,1-2H3/b12-10-. The Balaban J connectivity index is 2.39. The largest absolute Gasteiger partial charge is 0.366 e. The summed E-state index contributed by atoms with van der Waals surface area (Å²) in [6.45, 7) is 3.87. The molecule has 0 aliphatic rings. The Hall–Kier alpha value is -1.31. The molecule has 0 bridgehead atoms. The highest BCUT2D eigenvalue weighted by atomic mass is 15.1. The fraction of sp³-hybridized carbons (Fsp3) is 0.364. The SMILES string of the molecule is CCN(C)/C=N\Cc1ccccc1. The van der Waals surface area contributed by atoms with Crippen molar-refractivity contribution in [1.29, 1.82) is 0 Å². The van der Waals surface area contributed by atoms with Crippen LogP contribution < -0.4 is 0 Å². The van der Waals surface area contributed by atoms with E-state index in [4.69, 9.17) is 0 Å². The Labute approximate surface area is 79.9 Å². The highest BCUT2D eigenvalue weighted by Gasteiger charge is 1.87. The first-order valence-corrected chi connectivity index (χ1v) is 4.57. The molecule has 0 saturated heterocycles. The second-order valence-corrected chi connectivity index (χ2v) is 3.01. The van der Waals surface area contributed by atoms with Gasteiger partial charge in [0.05, 0.1) is 12.9 Å². The minimum atomic E-state index is 0.769. The van der Waals surface area contributed by atoms with E-state index in [2.05, 4.69) is 28.9 Å². The van der Waals surface area contributed by atoms with Gasteiger partial charge in [0, 0.05) is 13.6 Å². The molecule has 1 aromatic carbocycles. The molecule has 0 aliphatic heterocycles. The monoisotopic (exact) mass is 176 g/mol. The molecule has 0 spiro atoms. The lowest BCUT2D eigenvalue weighted by Gasteiger charge is -2.07. The minimum absolute atomic E-state index is 0.769. The maximum Gasteiger partial charge on any atom is 0.0851 e. The van der Waals surface area contributed by atoms with E-state index in [0.29, 0.717) is 0 Å². The van der Waals surface area contributed by atoms with Crippen LogP contribution in [0.4, 0.5) is 0 Å². The van der Waals surface area contributed by atoms with E-state index < -0.39 is 0 Å². The third kappa shape index (κ3) is 3.74. The van der Waals surface area contributed by atoms with Crippen LogP contribution in [0.1, 0.15) is 12.5 Å². The lowest BCUT2D eigenvalue weighted by atomic mass is 10.2. The number of hydrogen-bond donors (Lipinski definition) is 0. The van der Waals surface area contributed by atoms with Gasteiger partial charge in [-0.2, -0.15) is 0 Å². The first kappa shape index (κ1) is 9.78. The molecular formula is C11H16N2. The van der Waals surface area contributed by atoms with Gasteiger partial charge in [0.1, 0.15) is 0 Å². The zero-order chi connectivity index (χ0) is 9.52. The highest BCUT2D eigenvalue weighted by molar-refractivity contribution is 5.54. The quantitative estimate of drug-likeness (QED) is 0.507. The van der Waals surface area contributed by atoms with E-state index in [-0.39, 0.29) is 0 Å². The van der Waals surface area contributed by atoms with Crippen LogP contribution in [0, 0.1) is 0 Å². The zero-order valence-corrected chi connectivity index (χ0v) is 8.27.